The fraction of sp³-hybridized carbons (Fsp3) is 0.278. The Morgan fingerprint density at radius 2 is 1.91 bits per heavy atom. The molecule has 0 aromatic heterocycles. The first-order valence-electron chi connectivity index (χ1n) is 7.48. The third-order valence-electron chi connectivity index (χ3n) is 3.70. The summed E-state index contributed by atoms with van der Waals surface area (Å²) in [6.45, 7) is 2.36. The van der Waals surface area contributed by atoms with Gasteiger partial charge in [0.25, 0.3) is 5.91 Å². The zero-order valence-corrected chi connectivity index (χ0v) is 12.5. The van der Waals surface area contributed by atoms with E-state index in [1.807, 2.05) is 54.6 Å². The number of hydrogen-bond donors (Lipinski definition) is 1. The number of fused-ring (bicyclic) bond motifs is 1. The predicted molar refractivity (Wildman–Crippen MR) is 84.0 cm³/mol. The van der Waals surface area contributed by atoms with E-state index in [0.29, 0.717) is 12.4 Å². The minimum atomic E-state index is -0.544. The lowest BCUT2D eigenvalue weighted by atomic mass is 10.0. The van der Waals surface area contributed by atoms with Crippen LogP contribution in [0.1, 0.15) is 24.9 Å². The van der Waals surface area contributed by atoms with Crippen LogP contribution in [0.3, 0.4) is 0 Å². The minimum absolute atomic E-state index is 0.0285. The van der Waals surface area contributed by atoms with Crippen molar-refractivity contribution in [1.29, 1.82) is 0 Å². The highest BCUT2D eigenvalue weighted by molar-refractivity contribution is 5.81. The van der Waals surface area contributed by atoms with Gasteiger partial charge in [0.1, 0.15) is 11.5 Å². The van der Waals surface area contributed by atoms with Crippen LogP contribution < -0.4 is 14.8 Å². The Morgan fingerprint density at radius 1 is 1.18 bits per heavy atom. The lowest BCUT2D eigenvalue weighted by Gasteiger charge is -2.27. The fourth-order valence-electron chi connectivity index (χ4n) is 2.54. The van der Waals surface area contributed by atoms with E-state index >= 15 is 0 Å². The number of hydrogen-bond acceptors (Lipinski definition) is 3. The highest BCUT2D eigenvalue weighted by atomic mass is 16.5. The van der Waals surface area contributed by atoms with Gasteiger partial charge in [-0.15, -0.1) is 0 Å². The molecule has 1 aliphatic heterocycles. The van der Waals surface area contributed by atoms with Crippen LogP contribution in [0.5, 0.6) is 11.5 Å². The standard InChI is InChI=1S/C18H19NO3/c1-13(22-14-7-3-2-4-8-14)18(20)19-16-11-12-21-17-10-6-5-9-15(16)17/h2-10,13,16H,11-12H2,1H3,(H,19,20)/t13-,16+/m1/s1. The molecule has 0 radical (unpaired) electrons. The van der Waals surface area contributed by atoms with Gasteiger partial charge < -0.3 is 14.8 Å². The van der Waals surface area contributed by atoms with Crippen molar-refractivity contribution in [3.8, 4) is 11.5 Å². The molecule has 0 saturated carbocycles. The number of carbonyl (C=O) groups is 1. The monoisotopic (exact) mass is 297 g/mol. The number of benzene rings is 2. The maximum atomic E-state index is 12.3. The van der Waals surface area contributed by atoms with Gasteiger partial charge in [0.15, 0.2) is 6.10 Å². The summed E-state index contributed by atoms with van der Waals surface area (Å²) in [6.07, 6.45) is 0.221. The Balaban J connectivity index is 1.65. The van der Waals surface area contributed by atoms with E-state index in [4.69, 9.17) is 9.47 Å². The molecule has 1 amide bonds. The number of para-hydroxylation sites is 2. The van der Waals surface area contributed by atoms with Crippen LogP contribution >= 0.6 is 0 Å². The van der Waals surface area contributed by atoms with Gasteiger partial charge in [0.05, 0.1) is 12.6 Å². The lowest BCUT2D eigenvalue weighted by molar-refractivity contribution is -0.128. The normalized spacial score (nSPS) is 17.8. The van der Waals surface area contributed by atoms with Gasteiger partial charge in [0.2, 0.25) is 0 Å². The predicted octanol–water partition coefficient (Wildman–Crippen LogP) is 3.09. The Hall–Kier alpha value is -2.49. The average Bonchev–Trinajstić information content (AvgIpc) is 2.56. The molecule has 4 nitrogen and oxygen atoms in total. The Bertz CT molecular complexity index is 642. The summed E-state index contributed by atoms with van der Waals surface area (Å²) in [5.41, 5.74) is 1.02. The topological polar surface area (TPSA) is 47.6 Å². The van der Waals surface area contributed by atoms with E-state index in [0.717, 1.165) is 17.7 Å². The third-order valence-corrected chi connectivity index (χ3v) is 3.70. The van der Waals surface area contributed by atoms with E-state index in [-0.39, 0.29) is 11.9 Å². The molecule has 4 heteroatoms. The van der Waals surface area contributed by atoms with Crippen LogP contribution in [0, 0.1) is 0 Å². The summed E-state index contributed by atoms with van der Waals surface area (Å²) in [4.78, 5) is 12.3. The Labute approximate surface area is 130 Å². The van der Waals surface area contributed by atoms with Gasteiger partial charge in [-0.05, 0) is 25.1 Å². The van der Waals surface area contributed by atoms with Crippen molar-refractivity contribution in [2.24, 2.45) is 0 Å². The van der Waals surface area contributed by atoms with E-state index < -0.39 is 6.10 Å². The van der Waals surface area contributed by atoms with Gasteiger partial charge in [-0.25, -0.2) is 0 Å². The van der Waals surface area contributed by atoms with Crippen LogP contribution in [0.2, 0.25) is 0 Å². The maximum absolute atomic E-state index is 12.3. The molecule has 0 fully saturated rings. The number of ether oxygens (including phenoxy) is 2. The summed E-state index contributed by atoms with van der Waals surface area (Å²) >= 11 is 0. The number of carbonyl (C=O) groups excluding carboxylic acids is 1. The first-order chi connectivity index (χ1) is 10.7. The van der Waals surface area contributed by atoms with Gasteiger partial charge >= 0.3 is 0 Å². The highest BCUT2D eigenvalue weighted by Gasteiger charge is 2.25. The smallest absolute Gasteiger partial charge is 0.261 e. The van der Waals surface area contributed by atoms with Crippen molar-refractivity contribution in [2.45, 2.75) is 25.5 Å². The van der Waals surface area contributed by atoms with Crippen LogP contribution in [-0.2, 0) is 4.79 Å². The molecule has 2 aromatic carbocycles. The second kappa shape index (κ2) is 6.52. The van der Waals surface area contributed by atoms with Gasteiger partial charge in [-0.2, -0.15) is 0 Å². The van der Waals surface area contributed by atoms with Gasteiger partial charge in [0, 0.05) is 12.0 Å². The van der Waals surface area contributed by atoms with E-state index in [2.05, 4.69) is 5.32 Å². The second-order valence-corrected chi connectivity index (χ2v) is 5.31. The molecule has 114 valence electrons. The van der Waals surface area contributed by atoms with Crippen LogP contribution in [0.4, 0.5) is 0 Å². The minimum Gasteiger partial charge on any atom is -0.493 e. The highest BCUT2D eigenvalue weighted by Crippen LogP contribution is 2.31. The van der Waals surface area contributed by atoms with Crippen molar-refractivity contribution in [1.82, 2.24) is 5.32 Å². The molecule has 2 aromatic rings. The maximum Gasteiger partial charge on any atom is 0.261 e. The van der Waals surface area contributed by atoms with E-state index in [1.54, 1.807) is 6.92 Å². The fourth-order valence-corrected chi connectivity index (χ4v) is 2.54. The van der Waals surface area contributed by atoms with Crippen LogP contribution in [0.15, 0.2) is 54.6 Å². The third kappa shape index (κ3) is 3.22. The molecule has 1 aliphatic rings. The first kappa shape index (κ1) is 14.4. The molecular weight excluding hydrogens is 278 g/mol. The molecule has 3 rings (SSSR count). The van der Waals surface area contributed by atoms with Gasteiger partial charge in [-0.1, -0.05) is 36.4 Å². The summed E-state index contributed by atoms with van der Waals surface area (Å²) in [5, 5.41) is 3.05. The molecule has 22 heavy (non-hydrogen) atoms. The summed E-state index contributed by atoms with van der Waals surface area (Å²) in [5.74, 6) is 1.42. The largest absolute Gasteiger partial charge is 0.493 e. The number of nitrogens with one attached hydrogen (secondary N) is 1. The molecule has 0 aliphatic carbocycles. The zero-order chi connectivity index (χ0) is 15.4. The molecule has 0 unspecified atom stereocenters. The first-order valence-corrected chi connectivity index (χ1v) is 7.48. The van der Waals surface area contributed by atoms with Crippen molar-refractivity contribution in [3.63, 3.8) is 0 Å². The SMILES string of the molecule is C[C@@H](Oc1ccccc1)C(=O)N[C@H]1CCOc2ccccc21. The quantitative estimate of drug-likeness (QED) is 0.943. The second-order valence-electron chi connectivity index (χ2n) is 5.31. The average molecular weight is 297 g/mol. The van der Waals surface area contributed by atoms with E-state index in [1.165, 1.54) is 0 Å². The summed E-state index contributed by atoms with van der Waals surface area (Å²) in [6, 6.07) is 17.1. The molecule has 0 spiro atoms. The summed E-state index contributed by atoms with van der Waals surface area (Å²) in [7, 11) is 0. The molecular formula is C18H19NO3. The van der Waals surface area contributed by atoms with Crippen molar-refractivity contribution in [2.75, 3.05) is 6.61 Å². The lowest BCUT2D eigenvalue weighted by Crippen LogP contribution is -2.40. The van der Waals surface area contributed by atoms with Crippen molar-refractivity contribution < 1.29 is 14.3 Å². The molecule has 2 atom stereocenters. The molecule has 1 heterocycles. The number of amides is 1. The van der Waals surface area contributed by atoms with E-state index in [9.17, 15) is 4.79 Å². The molecule has 0 saturated heterocycles. The van der Waals surface area contributed by atoms with Gasteiger partial charge in [-0.3, -0.25) is 4.79 Å². The van der Waals surface area contributed by atoms with Crippen LogP contribution in [-0.4, -0.2) is 18.6 Å². The van der Waals surface area contributed by atoms with Crippen molar-refractivity contribution in [3.05, 3.63) is 60.2 Å². The molecule has 0 bridgehead atoms. The molecule has 1 N–H and O–H groups in total. The number of rotatable bonds is 4. The Kier molecular flexibility index (Phi) is 4.28. The Morgan fingerprint density at radius 3 is 2.73 bits per heavy atom. The van der Waals surface area contributed by atoms with Crippen molar-refractivity contribution >= 4 is 5.91 Å². The van der Waals surface area contributed by atoms with Crippen LogP contribution in [0.25, 0.3) is 0 Å². The summed E-state index contributed by atoms with van der Waals surface area (Å²) < 4.78 is 11.3. The zero-order valence-electron chi connectivity index (χ0n) is 12.5.